The molecule has 2 aromatic carbocycles. The molecule has 1 atom stereocenters. The summed E-state index contributed by atoms with van der Waals surface area (Å²) in [4.78, 5) is 1.10. The molecule has 0 aliphatic carbocycles. The van der Waals surface area contributed by atoms with Gasteiger partial charge in [-0.25, -0.2) is 0 Å². The summed E-state index contributed by atoms with van der Waals surface area (Å²) in [5.74, 6) is 1.59. The van der Waals surface area contributed by atoms with Crippen molar-refractivity contribution in [2.24, 2.45) is 0 Å². The quantitative estimate of drug-likeness (QED) is 0.794. The van der Waals surface area contributed by atoms with E-state index in [1.807, 2.05) is 48.7 Å². The molecule has 0 aliphatic heterocycles. The van der Waals surface area contributed by atoms with Crippen LogP contribution in [0.25, 0.3) is 0 Å². The Labute approximate surface area is 125 Å². The lowest BCUT2D eigenvalue weighted by atomic mass is 10.1. The van der Waals surface area contributed by atoms with Gasteiger partial charge in [-0.05, 0) is 43.0 Å². The van der Waals surface area contributed by atoms with Crippen LogP contribution in [0.2, 0.25) is 0 Å². The van der Waals surface area contributed by atoms with Crippen LogP contribution in [0.4, 0.5) is 0 Å². The molecule has 0 aromatic heterocycles. The van der Waals surface area contributed by atoms with E-state index in [0.29, 0.717) is 0 Å². The summed E-state index contributed by atoms with van der Waals surface area (Å²) >= 11 is 5.10. The number of halogens is 1. The van der Waals surface area contributed by atoms with Crippen LogP contribution in [0, 0.1) is 0 Å². The van der Waals surface area contributed by atoms with Crippen LogP contribution in [-0.4, -0.2) is 11.4 Å². The van der Waals surface area contributed by atoms with Crippen LogP contribution in [0.15, 0.2) is 51.8 Å². The van der Waals surface area contributed by atoms with E-state index in [0.717, 1.165) is 26.4 Å². The molecule has 2 aromatic rings. The number of aliphatic hydroxyl groups is 1. The number of aliphatic hydroxyl groups excluding tert-OH is 1. The first kappa shape index (κ1) is 14.4. The molecule has 2 rings (SSSR count). The van der Waals surface area contributed by atoms with Gasteiger partial charge in [0.05, 0.1) is 6.10 Å². The lowest BCUT2D eigenvalue weighted by molar-refractivity contribution is 0.198. The van der Waals surface area contributed by atoms with Crippen molar-refractivity contribution < 1.29 is 9.84 Å². The molecule has 0 bridgehead atoms. The number of rotatable bonds is 4. The first-order valence-corrected chi connectivity index (χ1v) is 7.92. The molecule has 0 unspecified atom stereocenters. The Morgan fingerprint density at radius 1 is 1.21 bits per heavy atom. The Balaban J connectivity index is 2.26. The van der Waals surface area contributed by atoms with E-state index in [1.165, 1.54) is 0 Å². The molecule has 0 heterocycles. The van der Waals surface area contributed by atoms with E-state index >= 15 is 0 Å². The van der Waals surface area contributed by atoms with Crippen molar-refractivity contribution in [3.63, 3.8) is 0 Å². The van der Waals surface area contributed by atoms with Gasteiger partial charge < -0.3 is 9.84 Å². The molecule has 1 N–H and O–H groups in total. The van der Waals surface area contributed by atoms with Crippen LogP contribution >= 0.6 is 27.7 Å². The van der Waals surface area contributed by atoms with Gasteiger partial charge in [0.1, 0.15) is 11.5 Å². The van der Waals surface area contributed by atoms with Gasteiger partial charge in [-0.3, -0.25) is 0 Å². The lowest BCUT2D eigenvalue weighted by Crippen LogP contribution is -1.93. The molecule has 2 nitrogen and oxygen atoms in total. The SMILES string of the molecule is CSc1ccccc1Oc1ccc([C@@H](C)O)c(Br)c1. The first-order chi connectivity index (χ1) is 9.11. The minimum Gasteiger partial charge on any atom is -0.456 e. The molecular weight excluding hydrogens is 324 g/mol. The van der Waals surface area contributed by atoms with Gasteiger partial charge in [-0.2, -0.15) is 0 Å². The van der Waals surface area contributed by atoms with E-state index < -0.39 is 6.10 Å². The fourth-order valence-electron chi connectivity index (χ4n) is 1.74. The number of thioether (sulfide) groups is 1. The zero-order chi connectivity index (χ0) is 13.8. The Bertz CT molecular complexity index is 570. The molecule has 0 spiro atoms. The summed E-state index contributed by atoms with van der Waals surface area (Å²) in [6.45, 7) is 1.74. The number of para-hydroxylation sites is 1. The highest BCUT2D eigenvalue weighted by Gasteiger charge is 2.09. The smallest absolute Gasteiger partial charge is 0.140 e. The Morgan fingerprint density at radius 3 is 2.58 bits per heavy atom. The molecule has 0 amide bonds. The van der Waals surface area contributed by atoms with Gasteiger partial charge in [0.15, 0.2) is 0 Å². The molecule has 0 aliphatic rings. The average Bonchev–Trinajstić information content (AvgIpc) is 2.39. The van der Waals surface area contributed by atoms with E-state index in [9.17, 15) is 5.11 Å². The Hall–Kier alpha value is -0.970. The van der Waals surface area contributed by atoms with E-state index in [-0.39, 0.29) is 0 Å². The molecule has 19 heavy (non-hydrogen) atoms. The zero-order valence-corrected chi connectivity index (χ0v) is 13.2. The van der Waals surface area contributed by atoms with Gasteiger partial charge in [0, 0.05) is 9.37 Å². The topological polar surface area (TPSA) is 29.5 Å². The molecule has 0 saturated carbocycles. The second-order valence-corrected chi connectivity index (χ2v) is 5.81. The lowest BCUT2D eigenvalue weighted by Gasteiger charge is -2.12. The van der Waals surface area contributed by atoms with Crippen molar-refractivity contribution in [2.45, 2.75) is 17.9 Å². The van der Waals surface area contributed by atoms with Gasteiger partial charge >= 0.3 is 0 Å². The minimum absolute atomic E-state index is 0.498. The average molecular weight is 339 g/mol. The summed E-state index contributed by atoms with van der Waals surface area (Å²) in [6, 6.07) is 13.5. The zero-order valence-electron chi connectivity index (χ0n) is 10.8. The van der Waals surface area contributed by atoms with Crippen molar-refractivity contribution in [1.29, 1.82) is 0 Å². The predicted molar refractivity (Wildman–Crippen MR) is 83.1 cm³/mol. The predicted octanol–water partition coefficient (Wildman–Crippen LogP) is 5.02. The maximum atomic E-state index is 9.59. The maximum absolute atomic E-state index is 9.59. The third-order valence-corrected chi connectivity index (χ3v) is 4.18. The van der Waals surface area contributed by atoms with Crippen molar-refractivity contribution >= 4 is 27.7 Å². The second-order valence-electron chi connectivity index (χ2n) is 4.11. The summed E-state index contributed by atoms with van der Waals surface area (Å²) in [5, 5.41) is 9.59. The molecule has 4 heteroatoms. The monoisotopic (exact) mass is 338 g/mol. The fraction of sp³-hybridized carbons (Fsp3) is 0.200. The standard InChI is InChI=1S/C15H15BrO2S/c1-10(17)12-8-7-11(9-13(12)16)18-14-5-3-4-6-15(14)19-2/h3-10,17H,1-2H3/t10-/m1/s1. The fourth-order valence-corrected chi connectivity index (χ4v) is 2.95. The number of benzene rings is 2. The third kappa shape index (κ3) is 3.53. The van der Waals surface area contributed by atoms with Gasteiger partial charge in [-0.1, -0.05) is 34.1 Å². The number of hydrogen-bond donors (Lipinski definition) is 1. The van der Waals surface area contributed by atoms with Crippen LogP contribution < -0.4 is 4.74 Å². The largest absolute Gasteiger partial charge is 0.456 e. The first-order valence-electron chi connectivity index (χ1n) is 5.90. The minimum atomic E-state index is -0.498. The highest BCUT2D eigenvalue weighted by Crippen LogP contribution is 2.34. The number of hydrogen-bond acceptors (Lipinski definition) is 3. The number of ether oxygens (including phenoxy) is 1. The molecular formula is C15H15BrO2S. The van der Waals surface area contributed by atoms with Crippen molar-refractivity contribution in [3.8, 4) is 11.5 Å². The summed E-state index contributed by atoms with van der Waals surface area (Å²) in [6.07, 6.45) is 1.52. The normalized spacial score (nSPS) is 12.2. The highest BCUT2D eigenvalue weighted by atomic mass is 79.9. The molecule has 100 valence electrons. The van der Waals surface area contributed by atoms with Gasteiger partial charge in [0.25, 0.3) is 0 Å². The molecule has 0 saturated heterocycles. The van der Waals surface area contributed by atoms with Crippen molar-refractivity contribution in [3.05, 3.63) is 52.5 Å². The highest BCUT2D eigenvalue weighted by molar-refractivity contribution is 9.10. The van der Waals surface area contributed by atoms with Gasteiger partial charge in [-0.15, -0.1) is 11.8 Å². The summed E-state index contributed by atoms with van der Waals surface area (Å²) in [7, 11) is 0. The van der Waals surface area contributed by atoms with Crippen molar-refractivity contribution in [1.82, 2.24) is 0 Å². The summed E-state index contributed by atoms with van der Waals surface area (Å²) in [5.41, 5.74) is 0.852. The molecule has 0 fully saturated rings. The van der Waals surface area contributed by atoms with Crippen molar-refractivity contribution in [2.75, 3.05) is 6.26 Å². The van der Waals surface area contributed by atoms with E-state index in [2.05, 4.69) is 15.9 Å². The second kappa shape index (κ2) is 6.46. The van der Waals surface area contributed by atoms with Crippen LogP contribution in [-0.2, 0) is 0 Å². The molecule has 0 radical (unpaired) electrons. The van der Waals surface area contributed by atoms with Crippen LogP contribution in [0.1, 0.15) is 18.6 Å². The summed E-state index contributed by atoms with van der Waals surface area (Å²) < 4.78 is 6.73. The Morgan fingerprint density at radius 2 is 1.95 bits per heavy atom. The third-order valence-electron chi connectivity index (χ3n) is 2.72. The van der Waals surface area contributed by atoms with Gasteiger partial charge in [0.2, 0.25) is 0 Å². The maximum Gasteiger partial charge on any atom is 0.140 e. The van der Waals surface area contributed by atoms with E-state index in [4.69, 9.17) is 4.74 Å². The Kier molecular flexibility index (Phi) is 4.91. The van der Waals surface area contributed by atoms with Crippen LogP contribution in [0.3, 0.4) is 0 Å². The van der Waals surface area contributed by atoms with E-state index in [1.54, 1.807) is 18.7 Å². The van der Waals surface area contributed by atoms with Crippen LogP contribution in [0.5, 0.6) is 11.5 Å².